The first kappa shape index (κ1) is 17.5. The Morgan fingerprint density at radius 3 is 2.88 bits per heavy atom. The molecule has 0 saturated heterocycles. The maximum atomic E-state index is 12.3. The topological polar surface area (TPSA) is 71.1 Å². The molecule has 0 fully saturated rings. The Morgan fingerprint density at radius 1 is 1.24 bits per heavy atom. The summed E-state index contributed by atoms with van der Waals surface area (Å²) in [4.78, 5) is 28.2. The second-order valence-corrected chi connectivity index (χ2v) is 7.24. The molecule has 0 bridgehead atoms. The van der Waals surface area contributed by atoms with Gasteiger partial charge in [0.15, 0.2) is 0 Å². The molecule has 1 atom stereocenters. The number of hydrogen-bond donors (Lipinski definition) is 2. The summed E-state index contributed by atoms with van der Waals surface area (Å²) in [6.07, 6.45) is 5.50. The smallest absolute Gasteiger partial charge is 0.237 e. The van der Waals surface area contributed by atoms with E-state index in [0.29, 0.717) is 18.7 Å². The number of amides is 2. The molecule has 1 aliphatic rings. The summed E-state index contributed by atoms with van der Waals surface area (Å²) in [6, 6.07) is 11.7. The summed E-state index contributed by atoms with van der Waals surface area (Å²) in [5.41, 5.74) is 3.11. The van der Waals surface area contributed by atoms with E-state index in [1.165, 1.54) is 5.56 Å². The van der Waals surface area contributed by atoms with Gasteiger partial charge in [0.25, 0.3) is 0 Å². The predicted molar refractivity (Wildman–Crippen MR) is 100 cm³/mol. The first-order valence-corrected chi connectivity index (χ1v) is 9.43. The minimum absolute atomic E-state index is 0.00151. The van der Waals surface area contributed by atoms with Crippen LogP contribution in [-0.2, 0) is 22.6 Å². The standard InChI is InChI=1S/C19H21N3O2S/c23-18(21-13-14-7-10-20-11-8-14)9-12-25-17-6-5-15-3-1-2-4-16(15)22-19(17)24/h1-4,7-8,10-11,17H,5-6,9,12-13H2,(H,21,23)(H,22,24)/t17-/m1/s1. The highest BCUT2D eigenvalue weighted by atomic mass is 32.2. The fourth-order valence-electron chi connectivity index (χ4n) is 2.73. The molecule has 1 aromatic carbocycles. The van der Waals surface area contributed by atoms with E-state index < -0.39 is 0 Å². The van der Waals surface area contributed by atoms with Crippen LogP contribution in [0.3, 0.4) is 0 Å². The Labute approximate surface area is 151 Å². The number of carbonyl (C=O) groups excluding carboxylic acids is 2. The molecule has 2 heterocycles. The zero-order chi connectivity index (χ0) is 17.5. The maximum absolute atomic E-state index is 12.3. The van der Waals surface area contributed by atoms with Gasteiger partial charge in [-0.2, -0.15) is 0 Å². The largest absolute Gasteiger partial charge is 0.352 e. The predicted octanol–water partition coefficient (Wildman–Crippen LogP) is 2.77. The molecule has 0 aliphatic carbocycles. The lowest BCUT2D eigenvalue weighted by Gasteiger charge is -2.12. The number of anilines is 1. The van der Waals surface area contributed by atoms with Crippen molar-refractivity contribution in [3.63, 3.8) is 0 Å². The summed E-state index contributed by atoms with van der Waals surface area (Å²) in [7, 11) is 0. The molecule has 130 valence electrons. The highest BCUT2D eigenvalue weighted by Gasteiger charge is 2.23. The van der Waals surface area contributed by atoms with E-state index >= 15 is 0 Å². The van der Waals surface area contributed by atoms with Crippen LogP contribution in [0.1, 0.15) is 24.0 Å². The number of fused-ring (bicyclic) bond motifs is 1. The number of aromatic nitrogens is 1. The van der Waals surface area contributed by atoms with Crippen LogP contribution in [0.2, 0.25) is 0 Å². The van der Waals surface area contributed by atoms with Gasteiger partial charge >= 0.3 is 0 Å². The number of para-hydroxylation sites is 1. The Morgan fingerprint density at radius 2 is 2.04 bits per heavy atom. The quantitative estimate of drug-likeness (QED) is 0.836. The molecule has 25 heavy (non-hydrogen) atoms. The van der Waals surface area contributed by atoms with E-state index in [0.717, 1.165) is 24.1 Å². The minimum atomic E-state index is -0.111. The molecule has 5 nitrogen and oxygen atoms in total. The molecule has 2 N–H and O–H groups in total. The van der Waals surface area contributed by atoms with Crippen LogP contribution >= 0.6 is 11.8 Å². The van der Waals surface area contributed by atoms with E-state index in [4.69, 9.17) is 0 Å². The van der Waals surface area contributed by atoms with E-state index in [1.54, 1.807) is 24.2 Å². The molecule has 6 heteroatoms. The van der Waals surface area contributed by atoms with Gasteiger partial charge in [-0.05, 0) is 42.2 Å². The molecule has 0 unspecified atom stereocenters. The van der Waals surface area contributed by atoms with Crippen molar-refractivity contribution in [1.29, 1.82) is 0 Å². The molecule has 0 radical (unpaired) electrons. The lowest BCUT2D eigenvalue weighted by molar-refractivity contribution is -0.121. The van der Waals surface area contributed by atoms with E-state index in [-0.39, 0.29) is 17.1 Å². The Kier molecular flexibility index (Phi) is 6.06. The first-order chi connectivity index (χ1) is 12.2. The number of nitrogens with zero attached hydrogens (tertiary/aromatic N) is 1. The number of carbonyl (C=O) groups is 2. The van der Waals surface area contributed by atoms with Crippen molar-refractivity contribution in [3.05, 3.63) is 59.9 Å². The lowest BCUT2D eigenvalue weighted by atomic mass is 10.1. The summed E-state index contributed by atoms with van der Waals surface area (Å²) in [6.45, 7) is 0.505. The van der Waals surface area contributed by atoms with Crippen LogP contribution in [0, 0.1) is 0 Å². The third-order valence-corrected chi connectivity index (χ3v) is 5.42. The highest BCUT2D eigenvalue weighted by molar-refractivity contribution is 8.00. The molecule has 0 spiro atoms. The molecule has 0 saturated carbocycles. The zero-order valence-electron chi connectivity index (χ0n) is 13.9. The van der Waals surface area contributed by atoms with Gasteiger partial charge in [-0.3, -0.25) is 14.6 Å². The van der Waals surface area contributed by atoms with Crippen molar-refractivity contribution in [2.24, 2.45) is 0 Å². The number of rotatable bonds is 6. The van der Waals surface area contributed by atoms with Gasteiger partial charge in [-0.25, -0.2) is 0 Å². The summed E-state index contributed by atoms with van der Waals surface area (Å²) in [5.74, 6) is 0.671. The van der Waals surface area contributed by atoms with Crippen molar-refractivity contribution in [2.75, 3.05) is 11.1 Å². The van der Waals surface area contributed by atoms with Crippen molar-refractivity contribution in [1.82, 2.24) is 10.3 Å². The van der Waals surface area contributed by atoms with Crippen molar-refractivity contribution in [2.45, 2.75) is 31.1 Å². The zero-order valence-corrected chi connectivity index (χ0v) is 14.7. The molecular weight excluding hydrogens is 334 g/mol. The third kappa shape index (κ3) is 5.06. The summed E-state index contributed by atoms with van der Waals surface area (Å²) >= 11 is 1.56. The average molecular weight is 355 g/mol. The molecule has 2 amide bonds. The Bertz CT molecular complexity index is 736. The number of pyridine rings is 1. The molecule has 3 rings (SSSR count). The maximum Gasteiger partial charge on any atom is 0.237 e. The van der Waals surface area contributed by atoms with Crippen LogP contribution in [0.25, 0.3) is 0 Å². The van der Waals surface area contributed by atoms with Crippen LogP contribution in [0.5, 0.6) is 0 Å². The lowest BCUT2D eigenvalue weighted by Crippen LogP contribution is -2.26. The molecule has 1 aliphatic heterocycles. The number of nitrogens with one attached hydrogen (secondary N) is 2. The second-order valence-electron chi connectivity index (χ2n) is 5.93. The Hall–Kier alpha value is -2.34. The summed E-state index contributed by atoms with van der Waals surface area (Å²) in [5, 5.41) is 5.77. The fraction of sp³-hybridized carbons (Fsp3) is 0.316. The number of aryl methyl sites for hydroxylation is 1. The average Bonchev–Trinajstić information content (AvgIpc) is 2.80. The van der Waals surface area contributed by atoms with Gasteiger partial charge in [-0.15, -0.1) is 11.8 Å². The normalized spacial score (nSPS) is 16.5. The van der Waals surface area contributed by atoms with Gasteiger partial charge in [0, 0.05) is 36.8 Å². The van der Waals surface area contributed by atoms with Crippen LogP contribution < -0.4 is 10.6 Å². The Balaban J connectivity index is 1.41. The summed E-state index contributed by atoms with van der Waals surface area (Å²) < 4.78 is 0. The third-order valence-electron chi connectivity index (χ3n) is 4.13. The van der Waals surface area contributed by atoms with Crippen molar-refractivity contribution < 1.29 is 9.59 Å². The van der Waals surface area contributed by atoms with Gasteiger partial charge in [-0.1, -0.05) is 18.2 Å². The number of benzene rings is 1. The highest BCUT2D eigenvalue weighted by Crippen LogP contribution is 2.27. The van der Waals surface area contributed by atoms with Crippen molar-refractivity contribution >= 4 is 29.3 Å². The van der Waals surface area contributed by atoms with E-state index in [1.807, 2.05) is 30.3 Å². The van der Waals surface area contributed by atoms with Gasteiger partial charge in [0.1, 0.15) is 0 Å². The van der Waals surface area contributed by atoms with Crippen molar-refractivity contribution in [3.8, 4) is 0 Å². The molecule has 2 aromatic rings. The van der Waals surface area contributed by atoms with Gasteiger partial charge in [0.2, 0.25) is 11.8 Å². The van der Waals surface area contributed by atoms with E-state index in [2.05, 4.69) is 21.7 Å². The molecular formula is C19H21N3O2S. The number of thioether (sulfide) groups is 1. The fourth-order valence-corrected chi connectivity index (χ4v) is 3.82. The van der Waals surface area contributed by atoms with E-state index in [9.17, 15) is 9.59 Å². The van der Waals surface area contributed by atoms with Crippen LogP contribution in [0.4, 0.5) is 5.69 Å². The first-order valence-electron chi connectivity index (χ1n) is 8.38. The van der Waals surface area contributed by atoms with Gasteiger partial charge < -0.3 is 10.6 Å². The minimum Gasteiger partial charge on any atom is -0.352 e. The van der Waals surface area contributed by atoms with Crippen LogP contribution in [0.15, 0.2) is 48.8 Å². The SMILES string of the molecule is O=C(CCS[C@@H]1CCc2ccccc2NC1=O)NCc1ccncc1. The molecule has 1 aromatic heterocycles. The van der Waals surface area contributed by atoms with Crippen LogP contribution in [-0.4, -0.2) is 27.8 Å². The number of hydrogen-bond acceptors (Lipinski definition) is 4. The second kappa shape index (κ2) is 8.67. The monoisotopic (exact) mass is 355 g/mol. The van der Waals surface area contributed by atoms with Gasteiger partial charge in [0.05, 0.1) is 5.25 Å².